The van der Waals surface area contributed by atoms with E-state index in [1.165, 1.54) is 11.6 Å². The van der Waals surface area contributed by atoms with Gasteiger partial charge in [0.15, 0.2) is 9.84 Å². The van der Waals surface area contributed by atoms with Crippen LogP contribution in [0.2, 0.25) is 0 Å². The second-order valence-corrected chi connectivity index (χ2v) is 7.99. The van der Waals surface area contributed by atoms with Gasteiger partial charge in [-0.1, -0.05) is 38.1 Å². The van der Waals surface area contributed by atoms with Crippen LogP contribution in [0.1, 0.15) is 37.3 Å². The molecule has 2 rings (SSSR count). The molecule has 0 radical (unpaired) electrons. The predicted molar refractivity (Wildman–Crippen MR) is 84.8 cm³/mol. The highest BCUT2D eigenvalue weighted by Crippen LogP contribution is 2.15. The van der Waals surface area contributed by atoms with Crippen molar-refractivity contribution in [1.29, 1.82) is 0 Å². The zero-order chi connectivity index (χ0) is 15.5. The summed E-state index contributed by atoms with van der Waals surface area (Å²) in [6.07, 6.45) is 3.70. The lowest BCUT2D eigenvalue weighted by Gasteiger charge is -2.08. The minimum absolute atomic E-state index is 0.0513. The molecule has 1 unspecified atom stereocenters. The molecule has 0 spiro atoms. The van der Waals surface area contributed by atoms with Gasteiger partial charge in [0.25, 0.3) is 0 Å². The normalized spacial score (nSPS) is 21.0. The van der Waals surface area contributed by atoms with Gasteiger partial charge >= 0.3 is 0 Å². The second-order valence-electron chi connectivity index (χ2n) is 5.76. The Bertz CT molecular complexity index is 630. The van der Waals surface area contributed by atoms with Crippen molar-refractivity contribution in [2.75, 3.05) is 11.5 Å². The number of benzene rings is 1. The Kier molecular flexibility index (Phi) is 4.83. The van der Waals surface area contributed by atoms with Crippen LogP contribution < -0.4 is 5.32 Å². The van der Waals surface area contributed by atoms with Crippen molar-refractivity contribution in [3.8, 4) is 0 Å². The molecule has 1 saturated heterocycles. The molecule has 1 amide bonds. The summed E-state index contributed by atoms with van der Waals surface area (Å²) >= 11 is 0. The molecule has 5 heteroatoms. The lowest BCUT2D eigenvalue weighted by Crippen LogP contribution is -2.34. The van der Waals surface area contributed by atoms with Crippen LogP contribution in [0.5, 0.6) is 0 Å². The first-order valence-corrected chi connectivity index (χ1v) is 8.97. The highest BCUT2D eigenvalue weighted by molar-refractivity contribution is 7.91. The summed E-state index contributed by atoms with van der Waals surface area (Å²) < 4.78 is 22.6. The third-order valence-electron chi connectivity index (χ3n) is 3.61. The van der Waals surface area contributed by atoms with E-state index in [9.17, 15) is 13.2 Å². The monoisotopic (exact) mass is 307 g/mol. The van der Waals surface area contributed by atoms with Crippen molar-refractivity contribution in [3.63, 3.8) is 0 Å². The van der Waals surface area contributed by atoms with Crippen molar-refractivity contribution >= 4 is 21.8 Å². The van der Waals surface area contributed by atoms with E-state index in [0.717, 1.165) is 5.56 Å². The zero-order valence-electron chi connectivity index (χ0n) is 12.4. The van der Waals surface area contributed by atoms with Gasteiger partial charge in [-0.2, -0.15) is 0 Å². The van der Waals surface area contributed by atoms with Gasteiger partial charge in [0.1, 0.15) is 0 Å². The predicted octanol–water partition coefficient (Wildman–Crippen LogP) is 2.13. The Morgan fingerprint density at radius 1 is 1.29 bits per heavy atom. The number of amides is 1. The first-order chi connectivity index (χ1) is 9.85. The molecule has 0 aromatic heterocycles. The fourth-order valence-electron chi connectivity index (χ4n) is 2.32. The lowest BCUT2D eigenvalue weighted by atomic mass is 10.0. The van der Waals surface area contributed by atoms with Gasteiger partial charge in [-0.15, -0.1) is 0 Å². The molecule has 4 nitrogen and oxygen atoms in total. The number of rotatable bonds is 4. The number of sulfone groups is 1. The van der Waals surface area contributed by atoms with Gasteiger partial charge in [0.05, 0.1) is 11.5 Å². The summed E-state index contributed by atoms with van der Waals surface area (Å²) in [7, 11) is -2.96. The highest BCUT2D eigenvalue weighted by Gasteiger charge is 2.28. The maximum absolute atomic E-state index is 11.8. The summed E-state index contributed by atoms with van der Waals surface area (Å²) in [5.41, 5.74) is 2.21. The number of carbonyl (C=O) groups is 1. The molecule has 1 atom stereocenters. The molecular formula is C16H21NO3S. The molecule has 0 aliphatic carbocycles. The van der Waals surface area contributed by atoms with E-state index in [1.807, 2.05) is 24.3 Å². The molecule has 0 saturated carbocycles. The molecule has 1 aromatic carbocycles. The number of hydrogen-bond donors (Lipinski definition) is 1. The highest BCUT2D eigenvalue weighted by atomic mass is 32.2. The summed E-state index contributed by atoms with van der Waals surface area (Å²) in [6.45, 7) is 4.27. The van der Waals surface area contributed by atoms with E-state index in [-0.39, 0.29) is 23.5 Å². The number of carbonyl (C=O) groups excluding carboxylic acids is 1. The van der Waals surface area contributed by atoms with E-state index < -0.39 is 9.84 Å². The average molecular weight is 307 g/mol. The minimum atomic E-state index is -2.96. The number of nitrogens with one attached hydrogen (secondary N) is 1. The standard InChI is InChI=1S/C16H21NO3S/c1-12(2)14-6-3-13(4-7-14)5-8-16(18)17-15-9-10-21(19,20)11-15/h3-8,12,15H,9-11H2,1-2H3,(H,17,18)/b8-5+. The topological polar surface area (TPSA) is 63.2 Å². The van der Waals surface area contributed by atoms with Crippen molar-refractivity contribution in [3.05, 3.63) is 41.5 Å². The van der Waals surface area contributed by atoms with Crippen LogP contribution in [0.25, 0.3) is 6.08 Å². The largest absolute Gasteiger partial charge is 0.349 e. The van der Waals surface area contributed by atoms with Crippen LogP contribution in [-0.2, 0) is 14.6 Å². The van der Waals surface area contributed by atoms with Gasteiger partial charge in [-0.25, -0.2) is 8.42 Å². The third kappa shape index (κ3) is 4.70. The quantitative estimate of drug-likeness (QED) is 0.867. The first-order valence-electron chi connectivity index (χ1n) is 7.15. The first kappa shape index (κ1) is 15.8. The lowest BCUT2D eigenvalue weighted by molar-refractivity contribution is -0.116. The molecule has 21 heavy (non-hydrogen) atoms. The van der Waals surface area contributed by atoms with Gasteiger partial charge in [-0.3, -0.25) is 4.79 Å². The van der Waals surface area contributed by atoms with Crippen LogP contribution >= 0.6 is 0 Å². The molecule has 1 aliphatic rings. The van der Waals surface area contributed by atoms with Crippen molar-refractivity contribution in [2.24, 2.45) is 0 Å². The van der Waals surface area contributed by atoms with E-state index in [2.05, 4.69) is 19.2 Å². The maximum Gasteiger partial charge on any atom is 0.244 e. The van der Waals surface area contributed by atoms with Crippen LogP contribution in [-0.4, -0.2) is 31.9 Å². The molecule has 1 heterocycles. The van der Waals surface area contributed by atoms with Crippen LogP contribution in [0.4, 0.5) is 0 Å². The van der Waals surface area contributed by atoms with Crippen LogP contribution in [0, 0.1) is 0 Å². The Morgan fingerprint density at radius 3 is 2.48 bits per heavy atom. The van der Waals surface area contributed by atoms with Crippen molar-refractivity contribution in [2.45, 2.75) is 32.2 Å². The summed E-state index contributed by atoms with van der Waals surface area (Å²) in [5, 5.41) is 2.73. The Morgan fingerprint density at radius 2 is 1.95 bits per heavy atom. The summed E-state index contributed by atoms with van der Waals surface area (Å²) in [6, 6.07) is 7.78. The maximum atomic E-state index is 11.8. The van der Waals surface area contributed by atoms with E-state index in [0.29, 0.717) is 12.3 Å². The molecule has 0 bridgehead atoms. The molecular weight excluding hydrogens is 286 g/mol. The van der Waals surface area contributed by atoms with Crippen molar-refractivity contribution in [1.82, 2.24) is 5.32 Å². The molecule has 1 fully saturated rings. The van der Waals surface area contributed by atoms with Gasteiger partial charge in [0, 0.05) is 12.1 Å². The summed E-state index contributed by atoms with van der Waals surface area (Å²) in [5.74, 6) is 0.453. The molecule has 1 N–H and O–H groups in total. The second kappa shape index (κ2) is 6.43. The van der Waals surface area contributed by atoms with Gasteiger partial charge in [-0.05, 0) is 29.5 Å². The smallest absolute Gasteiger partial charge is 0.244 e. The fourth-order valence-corrected chi connectivity index (χ4v) is 4.00. The summed E-state index contributed by atoms with van der Waals surface area (Å²) in [4.78, 5) is 11.8. The van der Waals surface area contributed by atoms with Gasteiger partial charge in [0.2, 0.25) is 5.91 Å². The van der Waals surface area contributed by atoms with Crippen LogP contribution in [0.3, 0.4) is 0 Å². The zero-order valence-corrected chi connectivity index (χ0v) is 13.2. The van der Waals surface area contributed by atoms with E-state index in [4.69, 9.17) is 0 Å². The molecule has 1 aliphatic heterocycles. The molecule has 114 valence electrons. The Balaban J connectivity index is 1.90. The van der Waals surface area contributed by atoms with E-state index >= 15 is 0 Å². The fraction of sp³-hybridized carbons (Fsp3) is 0.438. The average Bonchev–Trinajstić information content (AvgIpc) is 2.76. The minimum Gasteiger partial charge on any atom is -0.349 e. The Labute approximate surface area is 126 Å². The van der Waals surface area contributed by atoms with Gasteiger partial charge < -0.3 is 5.32 Å². The van der Waals surface area contributed by atoms with Crippen LogP contribution in [0.15, 0.2) is 30.3 Å². The number of hydrogen-bond acceptors (Lipinski definition) is 3. The third-order valence-corrected chi connectivity index (χ3v) is 5.38. The van der Waals surface area contributed by atoms with E-state index in [1.54, 1.807) is 6.08 Å². The SMILES string of the molecule is CC(C)c1ccc(/C=C/C(=O)NC2CCS(=O)(=O)C2)cc1. The Hall–Kier alpha value is -1.62. The molecule has 1 aromatic rings. The van der Waals surface area contributed by atoms with Crippen molar-refractivity contribution < 1.29 is 13.2 Å².